The second-order valence-electron chi connectivity index (χ2n) is 12.8. The van der Waals surface area contributed by atoms with E-state index in [0.29, 0.717) is 36.2 Å². The number of hydrogen-bond donors (Lipinski definition) is 0. The molecule has 3 rings (SSSR count). The molecule has 0 aliphatic heterocycles. The van der Waals surface area contributed by atoms with E-state index in [9.17, 15) is 0 Å². The Labute approximate surface area is 220 Å². The van der Waals surface area contributed by atoms with Gasteiger partial charge in [0.25, 0.3) is 0 Å². The average molecular weight is 513 g/mol. The Balaban J connectivity index is 2.48. The lowest BCUT2D eigenvalue weighted by Gasteiger charge is -2.14. The van der Waals surface area contributed by atoms with Gasteiger partial charge in [-0.25, -0.2) is 0 Å². The molecular weight excluding hydrogens is 463 g/mol. The predicted molar refractivity (Wildman–Crippen MR) is 157 cm³/mol. The summed E-state index contributed by atoms with van der Waals surface area (Å²) in [5.41, 5.74) is 7.22. The predicted octanol–water partition coefficient (Wildman–Crippen LogP) is 10.2. The molecule has 0 bridgehead atoms. The van der Waals surface area contributed by atoms with Crippen molar-refractivity contribution in [2.75, 3.05) is 6.61 Å². The highest BCUT2D eigenvalue weighted by Gasteiger charge is 2.18. The average Bonchev–Trinajstić information content (AvgIpc) is 2.88. The lowest BCUT2D eigenvalue weighted by atomic mass is 9.91. The standard InChI is InChI=1S/C32H49O3P/c1-20(2)11-25-15-27(13-22(5)6)31-29(17-25)30-18-26(12-21(3)4)16-28(14-23(7)8)32(30)35-36(34-31)33-19-24(9)10/h15-18,20-24H,11-14,19H2,1-10H3. The van der Waals surface area contributed by atoms with Crippen LogP contribution in [-0.2, 0) is 25.7 Å². The number of fused-ring (bicyclic) bond motifs is 3. The molecule has 0 fully saturated rings. The Morgan fingerprint density at radius 2 is 0.944 bits per heavy atom. The van der Waals surface area contributed by atoms with Crippen LogP contribution in [0.3, 0.4) is 0 Å². The van der Waals surface area contributed by atoms with Crippen molar-refractivity contribution >= 4 is 30.2 Å². The SMILES string of the molecule is CC(C)COp1oc2c(CC(C)C)cc(CC(C)C)cc2c2cc(CC(C)C)cc(CC(C)C)c2o1. The maximum absolute atomic E-state index is 6.68. The van der Waals surface area contributed by atoms with Crippen molar-refractivity contribution in [3.63, 3.8) is 0 Å². The molecule has 4 heteroatoms. The molecule has 0 aliphatic rings. The molecule has 1 heterocycles. The molecule has 0 atom stereocenters. The Morgan fingerprint density at radius 1 is 0.556 bits per heavy atom. The summed E-state index contributed by atoms with van der Waals surface area (Å²) in [6.45, 7) is 23.2. The van der Waals surface area contributed by atoms with Gasteiger partial charge in [0, 0.05) is 10.8 Å². The van der Waals surface area contributed by atoms with Gasteiger partial charge in [0.15, 0.2) is 0 Å². The van der Waals surface area contributed by atoms with Gasteiger partial charge >= 0.3 is 8.24 Å². The first-order chi connectivity index (χ1) is 16.9. The zero-order valence-electron chi connectivity index (χ0n) is 24.4. The van der Waals surface area contributed by atoms with E-state index in [0.717, 1.165) is 36.8 Å². The van der Waals surface area contributed by atoms with Crippen molar-refractivity contribution in [1.82, 2.24) is 0 Å². The van der Waals surface area contributed by atoms with Crippen LogP contribution in [0.4, 0.5) is 0 Å². The van der Waals surface area contributed by atoms with Crippen molar-refractivity contribution in [3.8, 4) is 0 Å². The van der Waals surface area contributed by atoms with Crippen LogP contribution in [0.5, 0.6) is 0 Å². The highest BCUT2D eigenvalue weighted by atomic mass is 31.1. The minimum absolute atomic E-state index is 0.411. The van der Waals surface area contributed by atoms with E-state index < -0.39 is 8.24 Å². The van der Waals surface area contributed by atoms with Gasteiger partial charge in [-0.2, -0.15) is 0 Å². The quantitative estimate of drug-likeness (QED) is 0.256. The summed E-state index contributed by atoms with van der Waals surface area (Å²) < 4.78 is 19.6. The smallest absolute Gasteiger partial charge is 0.387 e. The highest BCUT2D eigenvalue weighted by Crippen LogP contribution is 2.39. The molecule has 3 nitrogen and oxygen atoms in total. The Kier molecular flexibility index (Phi) is 10.2. The van der Waals surface area contributed by atoms with Crippen LogP contribution in [0.1, 0.15) is 91.5 Å². The third-order valence-corrected chi connectivity index (χ3v) is 7.15. The highest BCUT2D eigenvalue weighted by molar-refractivity contribution is 7.31. The topological polar surface area (TPSA) is 35.5 Å². The Morgan fingerprint density at radius 3 is 1.28 bits per heavy atom. The van der Waals surface area contributed by atoms with Crippen molar-refractivity contribution in [2.24, 2.45) is 29.6 Å². The van der Waals surface area contributed by atoms with Crippen molar-refractivity contribution in [3.05, 3.63) is 46.5 Å². The van der Waals surface area contributed by atoms with E-state index in [2.05, 4.69) is 93.5 Å². The second kappa shape index (κ2) is 12.7. The molecule has 0 saturated carbocycles. The largest absolute Gasteiger partial charge is 0.399 e. The normalized spacial score (nSPS) is 12.4. The summed E-state index contributed by atoms with van der Waals surface area (Å²) in [5, 5.41) is 2.35. The van der Waals surface area contributed by atoms with E-state index in [1.807, 2.05) is 0 Å². The first kappa shape index (κ1) is 28.9. The van der Waals surface area contributed by atoms with E-state index >= 15 is 0 Å². The lowest BCUT2D eigenvalue weighted by Crippen LogP contribution is -2.02. The van der Waals surface area contributed by atoms with Gasteiger partial charge in [0.05, 0.1) is 6.61 Å². The second-order valence-corrected chi connectivity index (χ2v) is 13.8. The van der Waals surface area contributed by atoms with Gasteiger partial charge in [-0.3, -0.25) is 4.52 Å². The van der Waals surface area contributed by atoms with Crippen LogP contribution in [0.2, 0.25) is 0 Å². The zero-order chi connectivity index (χ0) is 26.6. The van der Waals surface area contributed by atoms with Crippen LogP contribution in [0.15, 0.2) is 32.7 Å². The van der Waals surface area contributed by atoms with Crippen LogP contribution in [0.25, 0.3) is 21.9 Å². The fourth-order valence-electron chi connectivity index (χ4n) is 4.92. The molecule has 0 radical (unpaired) electrons. The van der Waals surface area contributed by atoms with Crippen LogP contribution in [0, 0.1) is 29.6 Å². The third-order valence-electron chi connectivity index (χ3n) is 6.13. The molecule has 1 aromatic heterocycles. The summed E-state index contributed by atoms with van der Waals surface area (Å²) >= 11 is 0. The molecule has 0 spiro atoms. The first-order valence-electron chi connectivity index (χ1n) is 14.0. The summed E-state index contributed by atoms with van der Waals surface area (Å²) in [4.78, 5) is 0. The van der Waals surface area contributed by atoms with Gasteiger partial charge in [0.2, 0.25) is 0 Å². The van der Waals surface area contributed by atoms with E-state index in [1.54, 1.807) is 0 Å². The van der Waals surface area contributed by atoms with Crippen LogP contribution < -0.4 is 4.52 Å². The molecule has 2 aromatic carbocycles. The van der Waals surface area contributed by atoms with Crippen molar-refractivity contribution in [1.29, 1.82) is 0 Å². The zero-order valence-corrected chi connectivity index (χ0v) is 25.3. The van der Waals surface area contributed by atoms with Gasteiger partial charge in [-0.15, -0.1) is 0 Å². The maximum Gasteiger partial charge on any atom is 0.387 e. The number of hydrogen-bond acceptors (Lipinski definition) is 3. The Bertz CT molecular complexity index is 1100. The summed E-state index contributed by atoms with van der Waals surface area (Å²) in [5.74, 6) is 2.65. The molecular formula is C32H49O3P. The molecule has 0 saturated heterocycles. The van der Waals surface area contributed by atoms with Gasteiger partial charge in [0.1, 0.15) is 11.2 Å². The lowest BCUT2D eigenvalue weighted by molar-refractivity contribution is 0.322. The number of rotatable bonds is 11. The minimum Gasteiger partial charge on any atom is -0.399 e. The molecule has 36 heavy (non-hydrogen) atoms. The van der Waals surface area contributed by atoms with E-state index in [4.69, 9.17) is 12.9 Å². The molecule has 0 aliphatic carbocycles. The summed E-state index contributed by atoms with van der Waals surface area (Å²) in [6, 6.07) is 9.46. The Hall–Kier alpha value is -1.70. The molecule has 3 aromatic rings. The molecule has 0 N–H and O–H groups in total. The van der Waals surface area contributed by atoms with Gasteiger partial charge in [-0.1, -0.05) is 81.4 Å². The minimum atomic E-state index is -1.54. The van der Waals surface area contributed by atoms with Gasteiger partial charge in [-0.05, 0) is 89.7 Å². The fraction of sp³-hybridized carbons (Fsp3) is 0.625. The molecule has 200 valence electrons. The summed E-state index contributed by atoms with van der Waals surface area (Å²) in [7, 11) is -1.54. The van der Waals surface area contributed by atoms with Crippen molar-refractivity contribution < 1.29 is 12.9 Å². The fourth-order valence-corrected chi connectivity index (χ4v) is 6.21. The first-order valence-corrected chi connectivity index (χ1v) is 15.1. The molecule has 0 amide bonds. The van der Waals surface area contributed by atoms with E-state index in [-0.39, 0.29) is 0 Å². The van der Waals surface area contributed by atoms with Crippen LogP contribution >= 0.6 is 8.24 Å². The van der Waals surface area contributed by atoms with Crippen LogP contribution in [-0.4, -0.2) is 6.61 Å². The number of benzene rings is 2. The van der Waals surface area contributed by atoms with Gasteiger partial charge < -0.3 is 8.39 Å². The third kappa shape index (κ3) is 7.90. The van der Waals surface area contributed by atoms with Crippen molar-refractivity contribution in [2.45, 2.75) is 94.9 Å². The monoisotopic (exact) mass is 512 g/mol. The van der Waals surface area contributed by atoms with E-state index in [1.165, 1.54) is 33.0 Å². The maximum atomic E-state index is 6.68. The molecule has 0 unspecified atom stereocenters. The summed E-state index contributed by atoms with van der Waals surface area (Å²) in [6.07, 6.45) is 4.05.